The average Bonchev–Trinajstić information content (AvgIpc) is 2.21. The third-order valence-corrected chi connectivity index (χ3v) is 3.18. The fraction of sp³-hybridized carbons (Fsp3) is 0.571. The molecule has 0 aliphatic carbocycles. The molecule has 0 aliphatic rings. The predicted molar refractivity (Wildman–Crippen MR) is 67.2 cm³/mol. The summed E-state index contributed by atoms with van der Waals surface area (Å²) in [5.41, 5.74) is 2.89. The quantitative estimate of drug-likeness (QED) is 0.778. The van der Waals surface area contributed by atoms with Crippen molar-refractivity contribution in [3.63, 3.8) is 0 Å². The van der Waals surface area contributed by atoms with Crippen molar-refractivity contribution in [2.24, 2.45) is 5.92 Å². The number of benzene rings is 1. The molecule has 0 fully saturated rings. The van der Waals surface area contributed by atoms with Crippen molar-refractivity contribution in [1.82, 2.24) is 5.32 Å². The highest BCUT2D eigenvalue weighted by atomic mass is 14.9. The lowest BCUT2D eigenvalue weighted by atomic mass is 9.93. The molecule has 1 aromatic carbocycles. The molecule has 0 radical (unpaired) electrons. The van der Waals surface area contributed by atoms with Gasteiger partial charge in [0.15, 0.2) is 0 Å². The van der Waals surface area contributed by atoms with Crippen molar-refractivity contribution >= 4 is 0 Å². The molecule has 0 aromatic heterocycles. The van der Waals surface area contributed by atoms with Gasteiger partial charge in [-0.15, -0.1) is 0 Å². The van der Waals surface area contributed by atoms with Crippen LogP contribution >= 0.6 is 0 Å². The highest BCUT2D eigenvalue weighted by Gasteiger charge is 2.12. The van der Waals surface area contributed by atoms with Gasteiger partial charge in [0.05, 0.1) is 0 Å². The minimum absolute atomic E-state index is 0.592. The smallest absolute Gasteiger partial charge is 0.00674 e. The van der Waals surface area contributed by atoms with Crippen LogP contribution in [0.2, 0.25) is 0 Å². The van der Waals surface area contributed by atoms with E-state index in [0.29, 0.717) is 12.0 Å². The van der Waals surface area contributed by atoms with Crippen molar-refractivity contribution in [1.29, 1.82) is 0 Å². The summed E-state index contributed by atoms with van der Waals surface area (Å²) in [7, 11) is 0. The van der Waals surface area contributed by atoms with Crippen molar-refractivity contribution in [2.75, 3.05) is 6.54 Å². The summed E-state index contributed by atoms with van der Waals surface area (Å²) in [6, 6.07) is 9.27. The molecule has 0 heterocycles. The minimum Gasteiger partial charge on any atom is -0.314 e. The highest BCUT2D eigenvalue weighted by molar-refractivity contribution is 5.25. The number of hydrogen-bond acceptors (Lipinski definition) is 1. The molecule has 15 heavy (non-hydrogen) atoms. The lowest BCUT2D eigenvalue weighted by Gasteiger charge is -2.21. The predicted octanol–water partition coefficient (Wildman–Crippen LogP) is 3.17. The maximum atomic E-state index is 3.48. The van der Waals surface area contributed by atoms with Crippen molar-refractivity contribution in [3.05, 3.63) is 35.4 Å². The van der Waals surface area contributed by atoms with Crippen LogP contribution in [0.25, 0.3) is 0 Å². The number of aryl methyl sites for hydroxylation is 1. The van der Waals surface area contributed by atoms with E-state index in [4.69, 9.17) is 0 Å². The monoisotopic (exact) mass is 205 g/mol. The van der Waals surface area contributed by atoms with Crippen LogP contribution in [0.15, 0.2) is 24.3 Å². The Balaban J connectivity index is 2.58. The van der Waals surface area contributed by atoms with E-state index in [9.17, 15) is 0 Å². The summed E-state index contributed by atoms with van der Waals surface area (Å²) >= 11 is 0. The standard InChI is InChI=1S/C14H23N/c1-5-15-13(4)12(3)10-14-9-7-6-8-11(14)2/h6-9,12-13,15H,5,10H2,1-4H3. The lowest BCUT2D eigenvalue weighted by Crippen LogP contribution is -2.32. The van der Waals surface area contributed by atoms with E-state index in [1.165, 1.54) is 17.5 Å². The molecule has 1 rings (SSSR count). The van der Waals surface area contributed by atoms with Crippen molar-refractivity contribution < 1.29 is 0 Å². The van der Waals surface area contributed by atoms with E-state index in [2.05, 4.69) is 57.3 Å². The molecule has 2 unspecified atom stereocenters. The van der Waals surface area contributed by atoms with E-state index in [1.807, 2.05) is 0 Å². The highest BCUT2D eigenvalue weighted by Crippen LogP contribution is 2.15. The molecule has 1 heteroatoms. The summed E-state index contributed by atoms with van der Waals surface area (Å²) in [5, 5.41) is 3.48. The van der Waals surface area contributed by atoms with Gasteiger partial charge in [-0.1, -0.05) is 38.1 Å². The van der Waals surface area contributed by atoms with E-state index in [-0.39, 0.29) is 0 Å². The fourth-order valence-electron chi connectivity index (χ4n) is 1.89. The van der Waals surface area contributed by atoms with Gasteiger partial charge in [-0.3, -0.25) is 0 Å². The van der Waals surface area contributed by atoms with Gasteiger partial charge in [0, 0.05) is 6.04 Å². The molecule has 2 atom stereocenters. The molecule has 0 saturated carbocycles. The Labute approximate surface area is 93.9 Å². The van der Waals surface area contributed by atoms with Crippen LogP contribution in [-0.2, 0) is 6.42 Å². The third kappa shape index (κ3) is 3.67. The molecular formula is C14H23N. The minimum atomic E-state index is 0.592. The van der Waals surface area contributed by atoms with Crippen LogP contribution in [0.4, 0.5) is 0 Å². The molecule has 1 aromatic rings. The molecule has 84 valence electrons. The SMILES string of the molecule is CCNC(C)C(C)Cc1ccccc1C. The summed E-state index contributed by atoms with van der Waals surface area (Å²) in [5.74, 6) is 0.686. The molecule has 0 bridgehead atoms. The van der Waals surface area contributed by atoms with Crippen LogP contribution in [-0.4, -0.2) is 12.6 Å². The molecular weight excluding hydrogens is 182 g/mol. The van der Waals surface area contributed by atoms with E-state index < -0.39 is 0 Å². The topological polar surface area (TPSA) is 12.0 Å². The van der Waals surface area contributed by atoms with Crippen LogP contribution in [0.5, 0.6) is 0 Å². The molecule has 0 aliphatic heterocycles. The van der Waals surface area contributed by atoms with Crippen LogP contribution in [0.1, 0.15) is 31.9 Å². The Hall–Kier alpha value is -0.820. The van der Waals surface area contributed by atoms with Gasteiger partial charge in [-0.2, -0.15) is 0 Å². The number of hydrogen-bond donors (Lipinski definition) is 1. The zero-order valence-corrected chi connectivity index (χ0v) is 10.4. The summed E-state index contributed by atoms with van der Waals surface area (Å²) < 4.78 is 0. The lowest BCUT2D eigenvalue weighted by molar-refractivity contribution is 0.406. The average molecular weight is 205 g/mol. The number of nitrogens with one attached hydrogen (secondary N) is 1. The second kappa shape index (κ2) is 5.92. The molecule has 1 N–H and O–H groups in total. The van der Waals surface area contributed by atoms with Crippen molar-refractivity contribution in [3.8, 4) is 0 Å². The van der Waals surface area contributed by atoms with Gasteiger partial charge < -0.3 is 5.32 Å². The summed E-state index contributed by atoms with van der Waals surface area (Å²) in [6.07, 6.45) is 1.17. The van der Waals surface area contributed by atoms with E-state index in [0.717, 1.165) is 6.54 Å². The first kappa shape index (κ1) is 12.3. The Bertz CT molecular complexity index is 293. The van der Waals surface area contributed by atoms with E-state index in [1.54, 1.807) is 0 Å². The normalized spacial score (nSPS) is 14.9. The van der Waals surface area contributed by atoms with Gasteiger partial charge in [-0.25, -0.2) is 0 Å². The second-order valence-corrected chi connectivity index (χ2v) is 4.45. The Morgan fingerprint density at radius 1 is 1.20 bits per heavy atom. The fourth-order valence-corrected chi connectivity index (χ4v) is 1.89. The zero-order valence-electron chi connectivity index (χ0n) is 10.4. The number of rotatable bonds is 5. The van der Waals surface area contributed by atoms with E-state index >= 15 is 0 Å². The molecule has 0 saturated heterocycles. The first-order valence-electron chi connectivity index (χ1n) is 5.93. The van der Waals surface area contributed by atoms with Gasteiger partial charge in [0.1, 0.15) is 0 Å². The molecule has 0 spiro atoms. The van der Waals surface area contributed by atoms with Gasteiger partial charge in [-0.05, 0) is 43.9 Å². The van der Waals surface area contributed by atoms with Crippen LogP contribution < -0.4 is 5.32 Å². The Kier molecular flexibility index (Phi) is 4.83. The third-order valence-electron chi connectivity index (χ3n) is 3.18. The van der Waals surface area contributed by atoms with Crippen molar-refractivity contribution in [2.45, 2.75) is 40.2 Å². The second-order valence-electron chi connectivity index (χ2n) is 4.45. The maximum Gasteiger partial charge on any atom is 0.00674 e. The zero-order chi connectivity index (χ0) is 11.3. The Morgan fingerprint density at radius 3 is 2.47 bits per heavy atom. The summed E-state index contributed by atoms with van der Waals surface area (Å²) in [6.45, 7) is 10.0. The Morgan fingerprint density at radius 2 is 1.87 bits per heavy atom. The van der Waals surface area contributed by atoms with Crippen LogP contribution in [0.3, 0.4) is 0 Å². The van der Waals surface area contributed by atoms with Gasteiger partial charge >= 0.3 is 0 Å². The van der Waals surface area contributed by atoms with Gasteiger partial charge in [0.25, 0.3) is 0 Å². The molecule has 0 amide bonds. The molecule has 1 nitrogen and oxygen atoms in total. The van der Waals surface area contributed by atoms with Gasteiger partial charge in [0.2, 0.25) is 0 Å². The summed E-state index contributed by atoms with van der Waals surface area (Å²) in [4.78, 5) is 0. The maximum absolute atomic E-state index is 3.48. The first-order chi connectivity index (χ1) is 7.15. The largest absolute Gasteiger partial charge is 0.314 e. The first-order valence-corrected chi connectivity index (χ1v) is 5.93. The van der Waals surface area contributed by atoms with Crippen LogP contribution in [0, 0.1) is 12.8 Å².